The van der Waals surface area contributed by atoms with Gasteiger partial charge in [0.15, 0.2) is 0 Å². The maximum Gasteiger partial charge on any atom is 0.227 e. The molecule has 0 unspecified atom stereocenters. The third kappa shape index (κ3) is 2.38. The van der Waals surface area contributed by atoms with E-state index in [9.17, 15) is 4.79 Å². The number of rotatable bonds is 5. The van der Waals surface area contributed by atoms with Crippen LogP contribution in [0.25, 0.3) is 0 Å². The number of hydrogen-bond acceptors (Lipinski definition) is 3. The quantitative estimate of drug-likeness (QED) is 0.793. The summed E-state index contributed by atoms with van der Waals surface area (Å²) in [5, 5.41) is 8.12. The van der Waals surface area contributed by atoms with Crippen molar-refractivity contribution in [1.82, 2.24) is 10.6 Å². The largest absolute Gasteiger partial charge is 0.351 e. The summed E-state index contributed by atoms with van der Waals surface area (Å²) in [6.07, 6.45) is 2.04. The molecule has 0 atom stereocenters. The molecule has 0 saturated heterocycles. The van der Waals surface area contributed by atoms with E-state index in [1.807, 2.05) is 24.6 Å². The summed E-state index contributed by atoms with van der Waals surface area (Å²) in [7, 11) is 1.90. The lowest BCUT2D eigenvalue weighted by Crippen LogP contribution is -2.37. The lowest BCUT2D eigenvalue weighted by Gasteiger charge is -2.13. The van der Waals surface area contributed by atoms with Gasteiger partial charge in [-0.15, -0.1) is 11.3 Å². The van der Waals surface area contributed by atoms with Gasteiger partial charge in [-0.3, -0.25) is 4.79 Å². The second-order valence-electron chi connectivity index (χ2n) is 4.07. The van der Waals surface area contributed by atoms with E-state index < -0.39 is 0 Å². The molecular formula is C11H16N2OS. The predicted molar refractivity (Wildman–Crippen MR) is 61.8 cm³/mol. The zero-order chi connectivity index (χ0) is 10.7. The summed E-state index contributed by atoms with van der Waals surface area (Å²) in [6.45, 7) is 1.46. The highest BCUT2D eigenvalue weighted by Gasteiger charge is 2.48. The van der Waals surface area contributed by atoms with Gasteiger partial charge in [-0.1, -0.05) is 6.07 Å². The molecular weight excluding hydrogens is 208 g/mol. The highest BCUT2D eigenvalue weighted by atomic mass is 32.1. The predicted octanol–water partition coefficient (Wildman–Crippen LogP) is 1.36. The lowest BCUT2D eigenvalue weighted by atomic mass is 10.1. The fourth-order valence-electron chi connectivity index (χ4n) is 1.74. The first-order valence-corrected chi connectivity index (χ1v) is 6.10. The van der Waals surface area contributed by atoms with E-state index in [0.717, 1.165) is 19.4 Å². The lowest BCUT2D eigenvalue weighted by molar-refractivity contribution is -0.126. The van der Waals surface area contributed by atoms with Crippen LogP contribution in [0.2, 0.25) is 0 Å². The highest BCUT2D eigenvalue weighted by molar-refractivity contribution is 7.09. The SMILES string of the molecule is CNCC1(C(=O)NCc2cccs2)CC1. The van der Waals surface area contributed by atoms with Crippen LogP contribution in [0.15, 0.2) is 17.5 Å². The molecule has 1 aliphatic rings. The van der Waals surface area contributed by atoms with E-state index >= 15 is 0 Å². The minimum atomic E-state index is -0.105. The molecule has 0 bridgehead atoms. The molecule has 1 heterocycles. The Hall–Kier alpha value is -0.870. The summed E-state index contributed by atoms with van der Waals surface area (Å²) in [5.41, 5.74) is -0.105. The maximum absolute atomic E-state index is 11.9. The molecule has 82 valence electrons. The summed E-state index contributed by atoms with van der Waals surface area (Å²) < 4.78 is 0. The van der Waals surface area contributed by atoms with Crippen LogP contribution in [-0.4, -0.2) is 19.5 Å². The molecule has 1 aromatic heterocycles. The van der Waals surface area contributed by atoms with Crippen LogP contribution in [-0.2, 0) is 11.3 Å². The average Bonchev–Trinajstić information content (AvgIpc) is 2.83. The van der Waals surface area contributed by atoms with Crippen molar-refractivity contribution in [3.63, 3.8) is 0 Å². The first-order chi connectivity index (χ1) is 7.27. The Morgan fingerprint density at radius 2 is 2.40 bits per heavy atom. The van der Waals surface area contributed by atoms with Gasteiger partial charge in [0.05, 0.1) is 12.0 Å². The number of hydrogen-bond donors (Lipinski definition) is 2. The minimum absolute atomic E-state index is 0.105. The van der Waals surface area contributed by atoms with Crippen LogP contribution in [0.3, 0.4) is 0 Å². The van der Waals surface area contributed by atoms with Crippen LogP contribution in [0.5, 0.6) is 0 Å². The topological polar surface area (TPSA) is 41.1 Å². The fourth-order valence-corrected chi connectivity index (χ4v) is 2.39. The van der Waals surface area contributed by atoms with Crippen LogP contribution >= 0.6 is 11.3 Å². The molecule has 1 fully saturated rings. The third-order valence-electron chi connectivity index (χ3n) is 2.85. The second kappa shape index (κ2) is 4.33. The number of amides is 1. The molecule has 0 radical (unpaired) electrons. The molecule has 15 heavy (non-hydrogen) atoms. The van der Waals surface area contributed by atoms with Gasteiger partial charge in [0.25, 0.3) is 0 Å². The highest BCUT2D eigenvalue weighted by Crippen LogP contribution is 2.45. The number of nitrogens with one attached hydrogen (secondary N) is 2. The van der Waals surface area contributed by atoms with Crippen molar-refractivity contribution < 1.29 is 4.79 Å². The first-order valence-electron chi connectivity index (χ1n) is 5.22. The van der Waals surface area contributed by atoms with Gasteiger partial charge in [0.2, 0.25) is 5.91 Å². The number of thiophene rings is 1. The third-order valence-corrected chi connectivity index (χ3v) is 3.73. The molecule has 0 spiro atoms. The van der Waals surface area contributed by atoms with E-state index in [-0.39, 0.29) is 11.3 Å². The Kier molecular flexibility index (Phi) is 3.07. The van der Waals surface area contributed by atoms with Crippen LogP contribution < -0.4 is 10.6 Å². The number of carbonyl (C=O) groups excluding carboxylic acids is 1. The van der Waals surface area contributed by atoms with Gasteiger partial charge in [-0.05, 0) is 31.3 Å². The van der Waals surface area contributed by atoms with Crippen molar-refractivity contribution in [3.05, 3.63) is 22.4 Å². The average molecular weight is 224 g/mol. The number of carbonyl (C=O) groups is 1. The van der Waals surface area contributed by atoms with Crippen molar-refractivity contribution in [3.8, 4) is 0 Å². The van der Waals surface area contributed by atoms with E-state index in [1.165, 1.54) is 4.88 Å². The standard InChI is InChI=1S/C11H16N2OS/c1-12-8-11(4-5-11)10(14)13-7-9-3-2-6-15-9/h2-3,6,12H,4-5,7-8H2,1H3,(H,13,14). The van der Waals surface area contributed by atoms with Crippen molar-refractivity contribution in [2.24, 2.45) is 5.41 Å². The zero-order valence-corrected chi connectivity index (χ0v) is 9.69. The van der Waals surface area contributed by atoms with Gasteiger partial charge < -0.3 is 10.6 Å². The van der Waals surface area contributed by atoms with Gasteiger partial charge in [0, 0.05) is 11.4 Å². The zero-order valence-electron chi connectivity index (χ0n) is 8.88. The fraction of sp³-hybridized carbons (Fsp3) is 0.545. The van der Waals surface area contributed by atoms with Gasteiger partial charge in [-0.25, -0.2) is 0 Å². The Bertz CT molecular complexity index is 330. The monoisotopic (exact) mass is 224 g/mol. The van der Waals surface area contributed by atoms with Crippen molar-refractivity contribution in [1.29, 1.82) is 0 Å². The van der Waals surface area contributed by atoms with Crippen LogP contribution in [0.1, 0.15) is 17.7 Å². The normalized spacial score (nSPS) is 17.4. The molecule has 2 N–H and O–H groups in total. The van der Waals surface area contributed by atoms with Gasteiger partial charge in [-0.2, -0.15) is 0 Å². The first kappa shape index (κ1) is 10.6. The molecule has 0 aromatic carbocycles. The van der Waals surface area contributed by atoms with Crippen LogP contribution in [0, 0.1) is 5.41 Å². The van der Waals surface area contributed by atoms with E-state index in [2.05, 4.69) is 10.6 Å². The Morgan fingerprint density at radius 3 is 2.93 bits per heavy atom. The van der Waals surface area contributed by atoms with Gasteiger partial charge >= 0.3 is 0 Å². The Labute approximate surface area is 93.9 Å². The van der Waals surface area contributed by atoms with Gasteiger partial charge in [0.1, 0.15) is 0 Å². The molecule has 0 aliphatic heterocycles. The Balaban J connectivity index is 1.82. The molecule has 1 saturated carbocycles. The molecule has 1 aromatic rings. The second-order valence-corrected chi connectivity index (χ2v) is 5.10. The summed E-state index contributed by atoms with van der Waals surface area (Å²) in [6, 6.07) is 4.05. The summed E-state index contributed by atoms with van der Waals surface area (Å²) in [5.74, 6) is 0.199. The smallest absolute Gasteiger partial charge is 0.227 e. The van der Waals surface area contributed by atoms with Crippen molar-refractivity contribution >= 4 is 17.2 Å². The minimum Gasteiger partial charge on any atom is -0.351 e. The summed E-state index contributed by atoms with van der Waals surface area (Å²) >= 11 is 1.68. The summed E-state index contributed by atoms with van der Waals surface area (Å²) in [4.78, 5) is 13.1. The molecule has 3 nitrogen and oxygen atoms in total. The van der Waals surface area contributed by atoms with E-state index in [1.54, 1.807) is 11.3 Å². The molecule has 4 heteroatoms. The molecule has 2 rings (SSSR count). The maximum atomic E-state index is 11.9. The van der Waals surface area contributed by atoms with E-state index in [4.69, 9.17) is 0 Å². The van der Waals surface area contributed by atoms with E-state index in [0.29, 0.717) is 6.54 Å². The van der Waals surface area contributed by atoms with Crippen molar-refractivity contribution in [2.75, 3.05) is 13.6 Å². The molecule has 1 amide bonds. The van der Waals surface area contributed by atoms with Crippen molar-refractivity contribution in [2.45, 2.75) is 19.4 Å². The Morgan fingerprint density at radius 1 is 1.60 bits per heavy atom. The molecule has 1 aliphatic carbocycles. The van der Waals surface area contributed by atoms with Crippen LogP contribution in [0.4, 0.5) is 0 Å².